The molecule has 1 unspecified atom stereocenters. The molecule has 0 saturated heterocycles. The van der Waals surface area contributed by atoms with Crippen LogP contribution >= 0.6 is 11.3 Å². The maximum atomic E-state index is 11.7. The average Bonchev–Trinajstić information content (AvgIpc) is 2.98. The van der Waals surface area contributed by atoms with Crippen LogP contribution in [0.3, 0.4) is 0 Å². The van der Waals surface area contributed by atoms with Gasteiger partial charge in [0.05, 0.1) is 0 Å². The van der Waals surface area contributed by atoms with Gasteiger partial charge in [-0.05, 0) is 30.4 Å². The van der Waals surface area contributed by atoms with E-state index in [4.69, 9.17) is 0 Å². The minimum atomic E-state index is -0.613. The summed E-state index contributed by atoms with van der Waals surface area (Å²) in [6.45, 7) is 2.32. The summed E-state index contributed by atoms with van der Waals surface area (Å²) in [4.78, 5) is 12.6. The molecule has 0 aliphatic heterocycles. The van der Waals surface area contributed by atoms with E-state index >= 15 is 0 Å². The van der Waals surface area contributed by atoms with Crippen LogP contribution in [-0.4, -0.2) is 17.6 Å². The number of nitrogens with one attached hydrogen (secondary N) is 1. The molecular formula is C16H19NO2S. The fourth-order valence-corrected chi connectivity index (χ4v) is 2.60. The van der Waals surface area contributed by atoms with Gasteiger partial charge >= 0.3 is 0 Å². The zero-order valence-electron chi connectivity index (χ0n) is 11.5. The van der Waals surface area contributed by atoms with E-state index in [9.17, 15) is 9.90 Å². The summed E-state index contributed by atoms with van der Waals surface area (Å²) in [6.07, 6.45) is 0.555. The van der Waals surface area contributed by atoms with Crippen molar-refractivity contribution >= 4 is 17.2 Å². The Balaban J connectivity index is 1.71. The number of thiophene rings is 1. The molecule has 0 spiro atoms. The molecule has 1 amide bonds. The number of hydrogen-bond acceptors (Lipinski definition) is 3. The molecule has 20 heavy (non-hydrogen) atoms. The van der Waals surface area contributed by atoms with Gasteiger partial charge in [-0.15, -0.1) is 11.3 Å². The fourth-order valence-electron chi connectivity index (χ4n) is 1.89. The molecule has 0 bridgehead atoms. The van der Waals surface area contributed by atoms with E-state index in [1.807, 2.05) is 48.7 Å². The number of carbonyl (C=O) groups is 1. The van der Waals surface area contributed by atoms with Crippen LogP contribution in [0, 0.1) is 6.92 Å². The van der Waals surface area contributed by atoms with E-state index in [1.54, 1.807) is 0 Å². The maximum Gasteiger partial charge on any atom is 0.220 e. The largest absolute Gasteiger partial charge is 0.386 e. The van der Waals surface area contributed by atoms with Gasteiger partial charge in [-0.2, -0.15) is 0 Å². The van der Waals surface area contributed by atoms with E-state index < -0.39 is 6.10 Å². The van der Waals surface area contributed by atoms with Crippen LogP contribution < -0.4 is 5.32 Å². The lowest BCUT2D eigenvalue weighted by Crippen LogP contribution is -2.28. The van der Waals surface area contributed by atoms with Crippen LogP contribution in [0.25, 0.3) is 0 Å². The number of benzene rings is 1. The molecule has 1 heterocycles. The summed E-state index contributed by atoms with van der Waals surface area (Å²) in [7, 11) is 0. The van der Waals surface area contributed by atoms with Crippen LogP contribution in [-0.2, 0) is 11.2 Å². The molecule has 106 valence electrons. The second-order valence-corrected chi connectivity index (χ2v) is 5.80. The minimum absolute atomic E-state index is 0.0267. The Morgan fingerprint density at radius 2 is 2.05 bits per heavy atom. The first-order valence-corrected chi connectivity index (χ1v) is 7.57. The van der Waals surface area contributed by atoms with Crippen molar-refractivity contribution in [3.05, 3.63) is 57.8 Å². The Morgan fingerprint density at radius 1 is 1.30 bits per heavy atom. The molecule has 0 aliphatic carbocycles. The molecule has 0 aliphatic rings. The van der Waals surface area contributed by atoms with Gasteiger partial charge in [-0.3, -0.25) is 4.79 Å². The van der Waals surface area contributed by atoms with Crippen LogP contribution in [0.1, 0.15) is 28.5 Å². The highest BCUT2D eigenvalue weighted by atomic mass is 32.1. The molecule has 3 nitrogen and oxygen atoms in total. The van der Waals surface area contributed by atoms with E-state index in [1.165, 1.54) is 16.9 Å². The predicted octanol–water partition coefficient (Wildman–Crippen LogP) is 2.84. The van der Waals surface area contributed by atoms with Gasteiger partial charge in [-0.25, -0.2) is 0 Å². The second kappa shape index (κ2) is 7.22. The van der Waals surface area contributed by atoms with Crippen LogP contribution in [0.5, 0.6) is 0 Å². The van der Waals surface area contributed by atoms with Crippen molar-refractivity contribution in [2.75, 3.05) is 6.54 Å². The summed E-state index contributed by atoms with van der Waals surface area (Å²) in [5, 5.41) is 14.6. The van der Waals surface area contributed by atoms with Crippen molar-refractivity contribution < 1.29 is 9.90 Å². The van der Waals surface area contributed by atoms with Crippen LogP contribution in [0.2, 0.25) is 0 Å². The number of aliphatic hydroxyl groups excluding tert-OH is 1. The van der Waals surface area contributed by atoms with Crippen LogP contribution in [0.15, 0.2) is 41.8 Å². The highest BCUT2D eigenvalue weighted by Crippen LogP contribution is 2.17. The first-order valence-electron chi connectivity index (χ1n) is 6.69. The Labute approximate surface area is 123 Å². The molecule has 2 aromatic rings. The smallest absolute Gasteiger partial charge is 0.220 e. The van der Waals surface area contributed by atoms with Crippen molar-refractivity contribution in [3.8, 4) is 0 Å². The number of aryl methyl sites for hydroxylation is 2. The predicted molar refractivity (Wildman–Crippen MR) is 81.8 cm³/mol. The highest BCUT2D eigenvalue weighted by molar-refractivity contribution is 7.10. The summed E-state index contributed by atoms with van der Waals surface area (Å²) in [5.74, 6) is -0.0267. The van der Waals surface area contributed by atoms with Crippen molar-refractivity contribution in [2.45, 2.75) is 25.9 Å². The number of carbonyl (C=O) groups excluding carboxylic acids is 1. The third-order valence-corrected chi connectivity index (χ3v) is 4.10. The van der Waals surface area contributed by atoms with Gasteiger partial charge in [0.15, 0.2) is 0 Å². The van der Waals surface area contributed by atoms with Gasteiger partial charge in [0, 0.05) is 17.8 Å². The number of amides is 1. The van der Waals surface area contributed by atoms with Crippen molar-refractivity contribution in [1.82, 2.24) is 5.32 Å². The average molecular weight is 289 g/mol. The molecule has 4 heteroatoms. The Bertz CT molecular complexity index is 534. The minimum Gasteiger partial charge on any atom is -0.386 e. The second-order valence-electron chi connectivity index (χ2n) is 4.82. The molecular weight excluding hydrogens is 270 g/mol. The summed E-state index contributed by atoms with van der Waals surface area (Å²) >= 11 is 1.49. The Hall–Kier alpha value is -1.65. The van der Waals surface area contributed by atoms with E-state index in [-0.39, 0.29) is 12.5 Å². The molecule has 0 radical (unpaired) electrons. The number of rotatable bonds is 6. The molecule has 2 rings (SSSR count). The monoisotopic (exact) mass is 289 g/mol. The Kier molecular flexibility index (Phi) is 5.32. The quantitative estimate of drug-likeness (QED) is 0.859. The van der Waals surface area contributed by atoms with Crippen molar-refractivity contribution in [1.29, 1.82) is 0 Å². The van der Waals surface area contributed by atoms with E-state index in [0.717, 1.165) is 16.9 Å². The van der Waals surface area contributed by atoms with Gasteiger partial charge in [0.1, 0.15) is 6.10 Å². The summed E-state index contributed by atoms with van der Waals surface area (Å²) in [5.41, 5.74) is 2.38. The van der Waals surface area contributed by atoms with Gasteiger partial charge in [0.2, 0.25) is 5.91 Å². The van der Waals surface area contributed by atoms with Crippen LogP contribution in [0.4, 0.5) is 0 Å². The third-order valence-electron chi connectivity index (χ3n) is 3.13. The fraction of sp³-hybridized carbons (Fsp3) is 0.312. The summed E-state index contributed by atoms with van der Waals surface area (Å²) < 4.78 is 0. The maximum absolute atomic E-state index is 11.7. The summed E-state index contributed by atoms with van der Waals surface area (Å²) in [6, 6.07) is 11.9. The molecule has 0 fully saturated rings. The zero-order valence-corrected chi connectivity index (χ0v) is 12.3. The first-order chi connectivity index (χ1) is 9.65. The number of hydrogen-bond donors (Lipinski definition) is 2. The van der Waals surface area contributed by atoms with Gasteiger partial charge in [-0.1, -0.05) is 35.9 Å². The van der Waals surface area contributed by atoms with E-state index in [2.05, 4.69) is 5.32 Å². The molecule has 1 atom stereocenters. The standard InChI is InChI=1S/C16H19NO2S/c1-12-4-6-13(7-5-12)8-9-16(19)17-11-14(18)15-3-2-10-20-15/h2-7,10,14,18H,8-9,11H2,1H3,(H,17,19). The SMILES string of the molecule is Cc1ccc(CCC(=O)NCC(O)c2cccs2)cc1. The van der Waals surface area contributed by atoms with Gasteiger partial charge in [0.25, 0.3) is 0 Å². The normalized spacial score (nSPS) is 12.1. The first kappa shape index (κ1) is 14.8. The third kappa shape index (κ3) is 4.47. The number of aliphatic hydroxyl groups is 1. The zero-order chi connectivity index (χ0) is 14.4. The topological polar surface area (TPSA) is 49.3 Å². The van der Waals surface area contributed by atoms with Crippen molar-refractivity contribution in [2.24, 2.45) is 0 Å². The molecule has 0 saturated carbocycles. The van der Waals surface area contributed by atoms with Crippen molar-refractivity contribution in [3.63, 3.8) is 0 Å². The molecule has 2 N–H and O–H groups in total. The molecule has 1 aromatic heterocycles. The lowest BCUT2D eigenvalue weighted by molar-refractivity contribution is -0.121. The highest BCUT2D eigenvalue weighted by Gasteiger charge is 2.10. The van der Waals surface area contributed by atoms with E-state index in [0.29, 0.717) is 6.42 Å². The molecule has 1 aromatic carbocycles. The van der Waals surface area contributed by atoms with Gasteiger partial charge < -0.3 is 10.4 Å². The Morgan fingerprint density at radius 3 is 2.70 bits per heavy atom. The lowest BCUT2D eigenvalue weighted by Gasteiger charge is -2.10. The lowest BCUT2D eigenvalue weighted by atomic mass is 10.1.